The molecule has 0 aliphatic carbocycles. The van der Waals surface area contributed by atoms with Crippen molar-refractivity contribution in [2.75, 3.05) is 5.32 Å². The second-order valence-electron chi connectivity index (χ2n) is 5.49. The average Bonchev–Trinajstić information content (AvgIpc) is 3.05. The second-order valence-corrected chi connectivity index (χ2v) is 5.49. The summed E-state index contributed by atoms with van der Waals surface area (Å²) in [5.41, 5.74) is 2.59. The summed E-state index contributed by atoms with van der Waals surface area (Å²) in [5.74, 6) is -0.188. The molecule has 0 fully saturated rings. The molecular formula is C18H14FN5. The van der Waals surface area contributed by atoms with Crippen LogP contribution in [0.4, 0.5) is 15.9 Å². The molecule has 1 N–H and O–H groups in total. The van der Waals surface area contributed by atoms with Crippen molar-refractivity contribution in [1.82, 2.24) is 19.7 Å². The minimum atomic E-state index is -0.380. The van der Waals surface area contributed by atoms with E-state index in [1.807, 2.05) is 31.4 Å². The summed E-state index contributed by atoms with van der Waals surface area (Å²) in [7, 11) is 1.85. The van der Waals surface area contributed by atoms with Gasteiger partial charge in [-0.15, -0.1) is 0 Å². The molecule has 6 heteroatoms. The van der Waals surface area contributed by atoms with Crippen LogP contribution in [0.25, 0.3) is 21.9 Å². The zero-order valence-corrected chi connectivity index (χ0v) is 12.9. The van der Waals surface area contributed by atoms with E-state index in [0.717, 1.165) is 22.2 Å². The Morgan fingerprint density at radius 1 is 1.04 bits per heavy atom. The molecule has 3 aromatic heterocycles. The van der Waals surface area contributed by atoms with Crippen LogP contribution in [-0.2, 0) is 7.05 Å². The number of fused-ring (bicyclic) bond motifs is 1. The van der Waals surface area contributed by atoms with Gasteiger partial charge < -0.3 is 5.32 Å². The Bertz CT molecular complexity index is 1010. The van der Waals surface area contributed by atoms with Gasteiger partial charge in [0.2, 0.25) is 0 Å². The highest BCUT2D eigenvalue weighted by atomic mass is 19.1. The number of aromatic nitrogens is 4. The highest BCUT2D eigenvalue weighted by molar-refractivity contribution is 5.89. The van der Waals surface area contributed by atoms with Gasteiger partial charge in [-0.2, -0.15) is 5.10 Å². The monoisotopic (exact) mass is 319 g/mol. The predicted molar refractivity (Wildman–Crippen MR) is 91.4 cm³/mol. The first kappa shape index (κ1) is 14.3. The normalized spacial score (nSPS) is 10.9. The van der Waals surface area contributed by atoms with Gasteiger partial charge >= 0.3 is 0 Å². The van der Waals surface area contributed by atoms with E-state index in [0.29, 0.717) is 5.39 Å². The lowest BCUT2D eigenvalue weighted by Gasteiger charge is -2.09. The molecule has 0 amide bonds. The lowest BCUT2D eigenvalue weighted by Crippen LogP contribution is -1.98. The molecule has 0 atom stereocenters. The van der Waals surface area contributed by atoms with Crippen LogP contribution in [-0.4, -0.2) is 19.7 Å². The first-order valence-corrected chi connectivity index (χ1v) is 7.45. The minimum Gasteiger partial charge on any atom is -0.338 e. The van der Waals surface area contributed by atoms with E-state index in [1.165, 1.54) is 0 Å². The number of benzene rings is 1. The van der Waals surface area contributed by atoms with Crippen LogP contribution < -0.4 is 5.32 Å². The Kier molecular flexibility index (Phi) is 3.42. The second kappa shape index (κ2) is 5.73. The van der Waals surface area contributed by atoms with Gasteiger partial charge in [-0.1, -0.05) is 12.1 Å². The van der Waals surface area contributed by atoms with Gasteiger partial charge in [0.05, 0.1) is 6.20 Å². The summed E-state index contributed by atoms with van der Waals surface area (Å²) >= 11 is 0. The number of pyridine rings is 2. The van der Waals surface area contributed by atoms with Gasteiger partial charge in [-0.3, -0.25) is 9.67 Å². The fraction of sp³-hybridized carbons (Fsp3) is 0.0556. The van der Waals surface area contributed by atoms with Gasteiger partial charge in [0, 0.05) is 53.9 Å². The first-order valence-electron chi connectivity index (χ1n) is 7.45. The van der Waals surface area contributed by atoms with E-state index >= 15 is 0 Å². The fourth-order valence-corrected chi connectivity index (χ4v) is 2.59. The molecule has 4 aromatic rings. The topological polar surface area (TPSA) is 55.6 Å². The maximum atomic E-state index is 14.9. The van der Waals surface area contributed by atoms with Crippen LogP contribution >= 0.6 is 0 Å². The Morgan fingerprint density at radius 3 is 2.62 bits per heavy atom. The molecule has 118 valence electrons. The third-order valence-electron chi connectivity index (χ3n) is 3.81. The molecule has 0 aliphatic heterocycles. The van der Waals surface area contributed by atoms with Crippen LogP contribution in [0, 0.1) is 5.82 Å². The zero-order chi connectivity index (χ0) is 16.5. The minimum absolute atomic E-state index is 0.192. The van der Waals surface area contributed by atoms with Crippen molar-refractivity contribution in [3.8, 4) is 11.1 Å². The number of rotatable bonds is 3. The number of hydrogen-bond acceptors (Lipinski definition) is 4. The molecule has 0 spiro atoms. The van der Waals surface area contributed by atoms with E-state index in [1.54, 1.807) is 41.6 Å². The largest absolute Gasteiger partial charge is 0.338 e. The molecule has 0 saturated carbocycles. The molecule has 3 heterocycles. The molecule has 0 radical (unpaired) electrons. The van der Waals surface area contributed by atoms with Gasteiger partial charge in [-0.25, -0.2) is 9.37 Å². The Morgan fingerprint density at radius 2 is 1.88 bits per heavy atom. The highest BCUT2D eigenvalue weighted by Crippen LogP contribution is 2.29. The van der Waals surface area contributed by atoms with Crippen molar-refractivity contribution in [2.45, 2.75) is 0 Å². The summed E-state index contributed by atoms with van der Waals surface area (Å²) in [4.78, 5) is 8.13. The fourth-order valence-electron chi connectivity index (χ4n) is 2.59. The Labute approximate surface area is 137 Å². The smallest absolute Gasteiger partial charge is 0.173 e. The number of nitrogens with one attached hydrogen (secondary N) is 1. The predicted octanol–water partition coefficient (Wildman–Crippen LogP) is 3.91. The van der Waals surface area contributed by atoms with Crippen molar-refractivity contribution < 1.29 is 4.39 Å². The molecule has 4 rings (SSSR count). The van der Waals surface area contributed by atoms with Crippen LogP contribution in [0.3, 0.4) is 0 Å². The summed E-state index contributed by atoms with van der Waals surface area (Å²) in [6, 6.07) is 9.15. The van der Waals surface area contributed by atoms with Crippen molar-refractivity contribution >= 4 is 22.3 Å². The maximum Gasteiger partial charge on any atom is 0.173 e. The quantitative estimate of drug-likeness (QED) is 0.622. The van der Waals surface area contributed by atoms with Gasteiger partial charge in [-0.05, 0) is 23.8 Å². The van der Waals surface area contributed by atoms with Gasteiger partial charge in [0.15, 0.2) is 11.6 Å². The van der Waals surface area contributed by atoms with Crippen molar-refractivity contribution in [2.24, 2.45) is 7.05 Å². The molecule has 0 aliphatic rings. The highest BCUT2D eigenvalue weighted by Gasteiger charge is 2.11. The number of hydrogen-bond donors (Lipinski definition) is 1. The van der Waals surface area contributed by atoms with E-state index in [2.05, 4.69) is 20.4 Å². The molecule has 1 aromatic carbocycles. The lowest BCUT2D eigenvalue weighted by molar-refractivity contribution is 0.639. The first-order chi connectivity index (χ1) is 11.7. The third kappa shape index (κ3) is 2.58. The standard InChI is InChI=1S/C18H14FN5/c1-24-11-14(10-22-24)12-2-3-13-9-21-18(17(19)16(13)8-12)23-15-4-6-20-7-5-15/h2-11H,1H3,(H,20,21,23). The number of halogens is 1. The number of aryl methyl sites for hydroxylation is 1. The van der Waals surface area contributed by atoms with Gasteiger partial charge in [0.1, 0.15) is 0 Å². The third-order valence-corrected chi connectivity index (χ3v) is 3.81. The molecule has 5 nitrogen and oxygen atoms in total. The Balaban J connectivity index is 1.79. The van der Waals surface area contributed by atoms with E-state index in [4.69, 9.17) is 0 Å². The molecule has 0 bridgehead atoms. The number of anilines is 2. The van der Waals surface area contributed by atoms with E-state index < -0.39 is 0 Å². The van der Waals surface area contributed by atoms with Crippen molar-refractivity contribution in [1.29, 1.82) is 0 Å². The van der Waals surface area contributed by atoms with Crippen LogP contribution in [0.5, 0.6) is 0 Å². The summed E-state index contributed by atoms with van der Waals surface area (Å²) in [6.45, 7) is 0. The van der Waals surface area contributed by atoms with Crippen LogP contribution in [0.2, 0.25) is 0 Å². The molecule has 24 heavy (non-hydrogen) atoms. The molecule has 0 unspecified atom stereocenters. The Hall–Kier alpha value is -3.28. The summed E-state index contributed by atoms with van der Waals surface area (Å²) < 4.78 is 16.6. The van der Waals surface area contributed by atoms with Crippen LogP contribution in [0.1, 0.15) is 0 Å². The SMILES string of the molecule is Cn1cc(-c2ccc3cnc(Nc4ccncc4)c(F)c3c2)cn1. The van der Waals surface area contributed by atoms with Crippen molar-refractivity contribution in [3.63, 3.8) is 0 Å². The average molecular weight is 319 g/mol. The van der Waals surface area contributed by atoms with E-state index in [-0.39, 0.29) is 11.6 Å². The summed E-state index contributed by atoms with van der Waals surface area (Å²) in [5, 5.41) is 8.41. The van der Waals surface area contributed by atoms with E-state index in [9.17, 15) is 4.39 Å². The lowest BCUT2D eigenvalue weighted by atomic mass is 10.0. The van der Waals surface area contributed by atoms with Gasteiger partial charge in [0.25, 0.3) is 0 Å². The number of nitrogens with zero attached hydrogens (tertiary/aromatic N) is 4. The van der Waals surface area contributed by atoms with Crippen LogP contribution in [0.15, 0.2) is 61.3 Å². The molecule has 0 saturated heterocycles. The van der Waals surface area contributed by atoms with Crippen molar-refractivity contribution in [3.05, 3.63) is 67.1 Å². The molecular weight excluding hydrogens is 305 g/mol. The maximum absolute atomic E-state index is 14.9. The summed E-state index contributed by atoms with van der Waals surface area (Å²) in [6.07, 6.45) is 8.60. The zero-order valence-electron chi connectivity index (χ0n) is 12.9.